The van der Waals surface area contributed by atoms with Crippen LogP contribution in [0.1, 0.15) is 13.3 Å². The first-order chi connectivity index (χ1) is 12.5. The summed E-state index contributed by atoms with van der Waals surface area (Å²) in [6.07, 6.45) is 2.72. The molecule has 0 bridgehead atoms. The molecule has 5 nitrogen and oxygen atoms in total. The van der Waals surface area contributed by atoms with E-state index in [1.165, 1.54) is 11.8 Å². The number of aromatic nitrogens is 3. The molecule has 0 aliphatic carbocycles. The summed E-state index contributed by atoms with van der Waals surface area (Å²) < 4.78 is 15.2. The van der Waals surface area contributed by atoms with Crippen molar-refractivity contribution in [3.63, 3.8) is 0 Å². The number of hydrogen-bond donors (Lipinski definition) is 0. The van der Waals surface area contributed by atoms with Crippen molar-refractivity contribution in [2.75, 3.05) is 37.3 Å². The van der Waals surface area contributed by atoms with Crippen LogP contribution in [0.2, 0.25) is 5.15 Å². The van der Waals surface area contributed by atoms with Crippen LogP contribution < -0.4 is 4.90 Å². The maximum Gasteiger partial charge on any atom is 0.190 e. The molecule has 0 unspecified atom stereocenters. The second-order valence-electron chi connectivity index (χ2n) is 6.13. The zero-order chi connectivity index (χ0) is 18.8. The molecule has 0 radical (unpaired) electrons. The highest BCUT2D eigenvalue weighted by atomic mass is 79.9. The van der Waals surface area contributed by atoms with Gasteiger partial charge in [-0.25, -0.2) is 19.3 Å². The van der Waals surface area contributed by atoms with Gasteiger partial charge >= 0.3 is 0 Å². The van der Waals surface area contributed by atoms with Gasteiger partial charge in [0.1, 0.15) is 15.9 Å². The summed E-state index contributed by atoms with van der Waals surface area (Å²) in [4.78, 5) is 17.7. The maximum atomic E-state index is 14.7. The highest BCUT2D eigenvalue weighted by Crippen LogP contribution is 2.36. The minimum atomic E-state index is -0.610. The van der Waals surface area contributed by atoms with E-state index in [1.807, 2.05) is 13.0 Å². The van der Waals surface area contributed by atoms with E-state index >= 15 is 0 Å². The molecule has 1 aliphatic heterocycles. The summed E-state index contributed by atoms with van der Waals surface area (Å²) in [5.41, 5.74) is 0.203. The lowest BCUT2D eigenvalue weighted by atomic mass is 10.1. The van der Waals surface area contributed by atoms with E-state index in [4.69, 9.17) is 16.6 Å². The lowest BCUT2D eigenvalue weighted by Crippen LogP contribution is -2.52. The number of halogens is 3. The Morgan fingerprint density at radius 1 is 1.38 bits per heavy atom. The molecule has 1 saturated heterocycles. The molecule has 0 saturated carbocycles. The molecule has 0 spiro atoms. The smallest absolute Gasteiger partial charge is 0.190 e. The molecule has 1 fully saturated rings. The minimum Gasteiger partial charge on any atom is -0.350 e. The lowest BCUT2D eigenvalue weighted by molar-refractivity contribution is 0.267. The minimum absolute atomic E-state index is 0.192. The molecule has 0 N–H and O–H groups in total. The van der Waals surface area contributed by atoms with E-state index < -0.39 is 5.82 Å². The molecule has 2 aromatic heterocycles. The number of nitrogens with zero attached hydrogens (tertiary/aromatic N) is 5. The summed E-state index contributed by atoms with van der Waals surface area (Å²) in [6, 6.07) is 0.203. The Bertz CT molecular complexity index is 837. The van der Waals surface area contributed by atoms with Gasteiger partial charge in [-0.3, -0.25) is 0 Å². The zero-order valence-electron chi connectivity index (χ0n) is 14.7. The number of anilines is 1. The molecule has 0 aromatic carbocycles. The van der Waals surface area contributed by atoms with Crippen LogP contribution in [0.4, 0.5) is 10.2 Å². The van der Waals surface area contributed by atoms with Gasteiger partial charge in [0.25, 0.3) is 0 Å². The van der Waals surface area contributed by atoms with E-state index in [0.29, 0.717) is 21.0 Å². The fraction of sp³-hybridized carbons (Fsp3) is 0.471. The summed E-state index contributed by atoms with van der Waals surface area (Å²) in [7, 11) is 2.10. The fourth-order valence-corrected chi connectivity index (χ4v) is 4.54. The molecule has 3 rings (SSSR count). The normalized spacial score (nSPS) is 18.5. The largest absolute Gasteiger partial charge is 0.350 e. The average molecular weight is 461 g/mol. The molecule has 9 heteroatoms. The van der Waals surface area contributed by atoms with E-state index in [1.54, 1.807) is 0 Å². The summed E-state index contributed by atoms with van der Waals surface area (Å²) in [6.45, 7) is 8.46. The van der Waals surface area contributed by atoms with Crippen LogP contribution in [0, 0.1) is 5.82 Å². The van der Waals surface area contributed by atoms with Crippen LogP contribution in [0.5, 0.6) is 0 Å². The van der Waals surface area contributed by atoms with Crippen molar-refractivity contribution in [1.29, 1.82) is 0 Å². The third kappa shape index (κ3) is 3.83. The van der Waals surface area contributed by atoms with Gasteiger partial charge < -0.3 is 9.80 Å². The first-order valence-corrected chi connectivity index (χ1v) is 10.5. The molecule has 2 aromatic rings. The number of likely N-dealkylation sites (N-methyl/N-ethyl adjacent to an activating group) is 1. The maximum absolute atomic E-state index is 14.7. The Hall–Kier alpha value is -0.960. The number of thioether (sulfide) groups is 1. The summed E-state index contributed by atoms with van der Waals surface area (Å²) >= 11 is 10.8. The van der Waals surface area contributed by atoms with Crippen LogP contribution in [-0.2, 0) is 0 Å². The summed E-state index contributed by atoms with van der Waals surface area (Å²) in [5, 5.41) is 0.910. The molecule has 26 heavy (non-hydrogen) atoms. The van der Waals surface area contributed by atoms with Crippen LogP contribution >= 0.6 is 39.3 Å². The third-order valence-electron chi connectivity index (χ3n) is 4.33. The number of hydrogen-bond acceptors (Lipinski definition) is 6. The van der Waals surface area contributed by atoms with Crippen LogP contribution in [0.3, 0.4) is 0 Å². The summed E-state index contributed by atoms with van der Waals surface area (Å²) in [5.74, 6) is 0.882. The third-order valence-corrected chi connectivity index (χ3v) is 5.88. The number of piperazine rings is 1. The van der Waals surface area contributed by atoms with Gasteiger partial charge in [0, 0.05) is 25.7 Å². The first kappa shape index (κ1) is 19.8. The average Bonchev–Trinajstić information content (AvgIpc) is 2.60. The highest BCUT2D eigenvalue weighted by Gasteiger charge is 2.29. The monoisotopic (exact) mass is 459 g/mol. The van der Waals surface area contributed by atoms with Gasteiger partial charge in [-0.05, 0) is 35.2 Å². The molecule has 140 valence electrons. The van der Waals surface area contributed by atoms with Gasteiger partial charge in [0.05, 0.1) is 5.39 Å². The van der Waals surface area contributed by atoms with Gasteiger partial charge in [0.2, 0.25) is 0 Å². The second kappa shape index (κ2) is 8.37. The van der Waals surface area contributed by atoms with E-state index in [-0.39, 0.29) is 16.7 Å². The van der Waals surface area contributed by atoms with E-state index in [9.17, 15) is 4.39 Å². The quantitative estimate of drug-likeness (QED) is 0.285. The van der Waals surface area contributed by atoms with Crippen LogP contribution in [0.25, 0.3) is 10.9 Å². The van der Waals surface area contributed by atoms with Crippen molar-refractivity contribution in [3.8, 4) is 0 Å². The van der Waals surface area contributed by atoms with Crippen molar-refractivity contribution in [1.82, 2.24) is 19.9 Å². The lowest BCUT2D eigenvalue weighted by Gasteiger charge is -2.41. The Morgan fingerprint density at radius 2 is 2.15 bits per heavy atom. The van der Waals surface area contributed by atoms with Crippen LogP contribution in [0.15, 0.2) is 22.4 Å². The predicted octanol–water partition coefficient (Wildman–Crippen LogP) is 4.39. The molecule has 1 aliphatic rings. The Kier molecular flexibility index (Phi) is 6.37. The highest BCUT2D eigenvalue weighted by molar-refractivity contribution is 9.10. The van der Waals surface area contributed by atoms with Crippen LogP contribution in [-0.4, -0.2) is 58.3 Å². The van der Waals surface area contributed by atoms with Crippen molar-refractivity contribution in [2.24, 2.45) is 0 Å². The number of fused-ring (bicyclic) bond motifs is 1. The Balaban J connectivity index is 2.22. The molecule has 1 atom stereocenters. The van der Waals surface area contributed by atoms with Crippen molar-refractivity contribution in [3.05, 3.63) is 28.2 Å². The van der Waals surface area contributed by atoms with Gasteiger partial charge in [-0.2, -0.15) is 0 Å². The van der Waals surface area contributed by atoms with Crippen molar-refractivity contribution >= 4 is 56.0 Å². The van der Waals surface area contributed by atoms with E-state index in [0.717, 1.165) is 31.8 Å². The Morgan fingerprint density at radius 3 is 2.85 bits per heavy atom. The fourth-order valence-electron chi connectivity index (χ4n) is 3.15. The van der Waals surface area contributed by atoms with Gasteiger partial charge in [0.15, 0.2) is 16.1 Å². The molecule has 0 amide bonds. The molecular formula is C17H20BrClFN5S. The topological polar surface area (TPSA) is 45.2 Å². The van der Waals surface area contributed by atoms with Gasteiger partial charge in [-0.15, -0.1) is 6.58 Å². The predicted molar refractivity (Wildman–Crippen MR) is 110 cm³/mol. The number of pyridine rings is 1. The SMILES string of the molecule is C=CC[C@@H]1CN(C)CCN1c1nc(SCC)nc2c(F)c(Cl)nc(Br)c12. The number of rotatable bonds is 5. The van der Waals surface area contributed by atoms with E-state index in [2.05, 4.69) is 49.3 Å². The molecule has 3 heterocycles. The Labute approximate surface area is 170 Å². The zero-order valence-corrected chi connectivity index (χ0v) is 17.8. The van der Waals surface area contributed by atoms with Gasteiger partial charge in [-0.1, -0.05) is 36.4 Å². The van der Waals surface area contributed by atoms with Crippen molar-refractivity contribution < 1.29 is 4.39 Å². The second-order valence-corrected chi connectivity index (χ2v) is 8.47. The standard InChI is InChI=1S/C17H20BrClFN5S/c1-4-6-10-9-24(3)7-8-25(10)16-11-13(21-17(23-16)26-5-2)12(20)15(19)22-14(11)18/h4,10H,1,5-9H2,2-3H3/t10-/m1/s1. The molecular weight excluding hydrogens is 441 g/mol. The first-order valence-electron chi connectivity index (χ1n) is 8.37. The van der Waals surface area contributed by atoms with Crippen molar-refractivity contribution in [2.45, 2.75) is 24.5 Å².